The first-order valence-electron chi connectivity index (χ1n) is 2.24. The second kappa shape index (κ2) is 3.94. The topological polar surface area (TPSA) is 80.9 Å². The highest BCUT2D eigenvalue weighted by atomic mass is 16.5. The van der Waals surface area contributed by atoms with Gasteiger partial charge in [-0.1, -0.05) is 0 Å². The molecule has 0 heterocycles. The summed E-state index contributed by atoms with van der Waals surface area (Å²) < 4.78 is 0. The molecule has 0 bridgehead atoms. The Balaban J connectivity index is 3.84. The second-order valence-electron chi connectivity index (χ2n) is 1.31. The molecule has 0 aromatic rings. The van der Waals surface area contributed by atoms with E-state index in [4.69, 9.17) is 20.4 Å². The van der Waals surface area contributed by atoms with Crippen LogP contribution in [0.2, 0.25) is 0 Å². The molecule has 0 saturated heterocycles. The minimum Gasteiger partial charge on any atom is -0.516 e. The maximum Gasteiger partial charge on any atom is 0.211 e. The molecular formula is C5H8O4. The summed E-state index contributed by atoms with van der Waals surface area (Å²) >= 11 is 0. The van der Waals surface area contributed by atoms with E-state index in [0.29, 0.717) is 6.26 Å². The molecule has 9 heavy (non-hydrogen) atoms. The van der Waals surface area contributed by atoms with E-state index in [-0.39, 0.29) is 0 Å². The molecule has 4 N–H and O–H groups in total. The Labute approximate surface area is 52.0 Å². The lowest BCUT2D eigenvalue weighted by atomic mass is 10.4. The van der Waals surface area contributed by atoms with Crippen LogP contribution in [0.15, 0.2) is 24.2 Å². The van der Waals surface area contributed by atoms with Crippen molar-refractivity contribution in [3.8, 4) is 0 Å². The number of allylic oxidation sites excluding steroid dienone is 2. The summed E-state index contributed by atoms with van der Waals surface area (Å²) in [4.78, 5) is 0. The first-order valence-corrected chi connectivity index (χ1v) is 2.24. The normalized spacial score (nSPS) is 13.4. The van der Waals surface area contributed by atoms with Gasteiger partial charge >= 0.3 is 0 Å². The van der Waals surface area contributed by atoms with Crippen molar-refractivity contribution in [1.29, 1.82) is 0 Å². The highest BCUT2D eigenvalue weighted by Crippen LogP contribution is 1.92. The number of rotatable bonds is 2. The molecule has 0 amide bonds. The lowest BCUT2D eigenvalue weighted by Gasteiger charge is -1.97. The van der Waals surface area contributed by atoms with E-state index in [1.54, 1.807) is 0 Å². The van der Waals surface area contributed by atoms with Gasteiger partial charge in [0.2, 0.25) is 6.29 Å². The van der Waals surface area contributed by atoms with Gasteiger partial charge in [-0.15, -0.1) is 0 Å². The van der Waals surface area contributed by atoms with Crippen LogP contribution < -0.4 is 0 Å². The average molecular weight is 132 g/mol. The van der Waals surface area contributed by atoms with Gasteiger partial charge in [0, 0.05) is 0 Å². The second-order valence-corrected chi connectivity index (χ2v) is 1.31. The first kappa shape index (κ1) is 8.00. The van der Waals surface area contributed by atoms with Gasteiger partial charge in [-0.2, -0.15) is 0 Å². The Morgan fingerprint density at radius 3 is 2.22 bits per heavy atom. The van der Waals surface area contributed by atoms with Crippen LogP contribution in [0, 0.1) is 0 Å². The third-order valence-corrected chi connectivity index (χ3v) is 0.618. The van der Waals surface area contributed by atoms with Crippen LogP contribution in [-0.2, 0) is 0 Å². The van der Waals surface area contributed by atoms with Gasteiger partial charge in [-0.25, -0.2) is 0 Å². The zero-order valence-electron chi connectivity index (χ0n) is 4.60. The van der Waals surface area contributed by atoms with E-state index in [1.807, 2.05) is 0 Å². The fraction of sp³-hybridized carbons (Fsp3) is 0.200. The highest BCUT2D eigenvalue weighted by Gasteiger charge is 1.99. The summed E-state index contributed by atoms with van der Waals surface area (Å²) in [6, 6.07) is 0. The summed E-state index contributed by atoms with van der Waals surface area (Å²) in [5.74, 6) is -0.611. The van der Waals surface area contributed by atoms with Crippen molar-refractivity contribution >= 4 is 0 Å². The number of aliphatic hydroxyl groups is 4. The minimum atomic E-state index is -1.87. The van der Waals surface area contributed by atoms with Crippen LogP contribution >= 0.6 is 0 Å². The lowest BCUT2D eigenvalue weighted by Crippen LogP contribution is -2.06. The van der Waals surface area contributed by atoms with E-state index in [2.05, 4.69) is 0 Å². The molecule has 4 nitrogen and oxygen atoms in total. The summed E-state index contributed by atoms with van der Waals surface area (Å²) in [7, 11) is 0. The third-order valence-electron chi connectivity index (χ3n) is 0.618. The standard InChI is InChI=1S/C5H8O4/c6-3-1-2-4(7)5(8)9/h1-3,5-9H. The van der Waals surface area contributed by atoms with Crippen molar-refractivity contribution in [3.05, 3.63) is 24.2 Å². The molecule has 0 saturated carbocycles. The lowest BCUT2D eigenvalue weighted by molar-refractivity contribution is -0.0369. The smallest absolute Gasteiger partial charge is 0.211 e. The Morgan fingerprint density at radius 1 is 1.33 bits per heavy atom. The Hall–Kier alpha value is -1.00. The van der Waals surface area contributed by atoms with Crippen molar-refractivity contribution < 1.29 is 20.4 Å². The largest absolute Gasteiger partial charge is 0.516 e. The molecule has 4 heteroatoms. The number of hydrogen-bond acceptors (Lipinski definition) is 4. The van der Waals surface area contributed by atoms with Gasteiger partial charge in [-0.3, -0.25) is 0 Å². The molecule has 0 unspecified atom stereocenters. The van der Waals surface area contributed by atoms with Crippen molar-refractivity contribution in [1.82, 2.24) is 0 Å². The van der Waals surface area contributed by atoms with Crippen LogP contribution in [0.4, 0.5) is 0 Å². The van der Waals surface area contributed by atoms with Crippen molar-refractivity contribution in [3.63, 3.8) is 0 Å². The molecule has 0 aliphatic rings. The Bertz CT molecular complexity index is 125. The summed E-state index contributed by atoms with van der Waals surface area (Å²) in [5.41, 5.74) is 0. The van der Waals surface area contributed by atoms with E-state index in [1.165, 1.54) is 0 Å². The van der Waals surface area contributed by atoms with E-state index < -0.39 is 12.0 Å². The zero-order chi connectivity index (χ0) is 7.28. The molecule has 0 aromatic heterocycles. The molecular weight excluding hydrogens is 124 g/mol. The maximum absolute atomic E-state index is 8.46. The number of hydrogen-bond donors (Lipinski definition) is 4. The highest BCUT2D eigenvalue weighted by molar-refractivity contribution is 5.05. The SMILES string of the molecule is OC=CC=C(O)C(O)O. The third kappa shape index (κ3) is 3.57. The molecule has 0 spiro atoms. The average Bonchev–Trinajstić information content (AvgIpc) is 1.82. The summed E-state index contributed by atoms with van der Waals surface area (Å²) in [6.45, 7) is 0. The van der Waals surface area contributed by atoms with Crippen LogP contribution in [-0.4, -0.2) is 26.7 Å². The summed E-state index contributed by atoms with van der Waals surface area (Å²) in [6.07, 6.45) is 0.819. The van der Waals surface area contributed by atoms with Gasteiger partial charge in [-0.05, 0) is 12.2 Å². The fourth-order valence-corrected chi connectivity index (χ4v) is 0.228. The zero-order valence-corrected chi connectivity index (χ0v) is 4.60. The number of aliphatic hydroxyl groups excluding tert-OH is 3. The van der Waals surface area contributed by atoms with Crippen LogP contribution in [0.25, 0.3) is 0 Å². The van der Waals surface area contributed by atoms with E-state index in [9.17, 15) is 0 Å². The van der Waals surface area contributed by atoms with Gasteiger partial charge < -0.3 is 20.4 Å². The predicted octanol–water partition coefficient (Wildman–Crippen LogP) is -0.189. The van der Waals surface area contributed by atoms with Crippen molar-refractivity contribution in [2.45, 2.75) is 6.29 Å². The van der Waals surface area contributed by atoms with Crippen LogP contribution in [0.5, 0.6) is 0 Å². The predicted molar refractivity (Wildman–Crippen MR) is 30.7 cm³/mol. The van der Waals surface area contributed by atoms with E-state index in [0.717, 1.165) is 12.2 Å². The molecule has 0 aromatic carbocycles. The Kier molecular flexibility index (Phi) is 3.50. The monoisotopic (exact) mass is 132 g/mol. The van der Waals surface area contributed by atoms with Gasteiger partial charge in [0.15, 0.2) is 0 Å². The minimum absolute atomic E-state index is 0.611. The molecule has 0 atom stereocenters. The molecule has 0 radical (unpaired) electrons. The molecule has 52 valence electrons. The fourth-order valence-electron chi connectivity index (χ4n) is 0.228. The van der Waals surface area contributed by atoms with Crippen molar-refractivity contribution in [2.24, 2.45) is 0 Å². The quantitative estimate of drug-likeness (QED) is 0.238. The molecule has 0 aliphatic carbocycles. The van der Waals surface area contributed by atoms with E-state index >= 15 is 0 Å². The van der Waals surface area contributed by atoms with Gasteiger partial charge in [0.25, 0.3) is 0 Å². The van der Waals surface area contributed by atoms with Gasteiger partial charge in [0.1, 0.15) is 5.76 Å². The Morgan fingerprint density at radius 2 is 1.89 bits per heavy atom. The first-order chi connectivity index (χ1) is 4.18. The molecule has 0 aliphatic heterocycles. The maximum atomic E-state index is 8.46. The van der Waals surface area contributed by atoms with Gasteiger partial charge in [0.05, 0.1) is 6.26 Å². The van der Waals surface area contributed by atoms with Crippen LogP contribution in [0.1, 0.15) is 0 Å². The molecule has 0 rings (SSSR count). The molecule has 0 fully saturated rings. The van der Waals surface area contributed by atoms with Crippen LogP contribution in [0.3, 0.4) is 0 Å². The summed E-state index contributed by atoms with van der Waals surface area (Å²) in [5, 5.41) is 32.8. The van der Waals surface area contributed by atoms with Crippen molar-refractivity contribution in [2.75, 3.05) is 0 Å².